The van der Waals surface area contributed by atoms with Crippen LogP contribution < -0.4 is 5.32 Å². The minimum Gasteiger partial charge on any atom is -0.388 e. The maximum atomic E-state index is 8.09. The number of hydrogen-bond acceptors (Lipinski definition) is 4. The minimum atomic E-state index is 0. The molecule has 1 rings (SSSR count). The van der Waals surface area contributed by atoms with E-state index in [1.165, 1.54) is 0 Å². The summed E-state index contributed by atoms with van der Waals surface area (Å²) in [4.78, 5) is 0.867. The Kier molecular flexibility index (Phi) is 7.09. The number of rotatable bonds is 3. The maximum absolute atomic E-state index is 8.09. The standard InChI is InChI=1S/C7H9NO2S.Y/c1-8-6-2-4-7(5-3-6)11-10-9;/h2-5,8-9H,1H3;. The Bertz CT molecular complexity index is 217. The molecule has 0 unspecified atom stereocenters. The van der Waals surface area contributed by atoms with E-state index in [1.54, 1.807) is 0 Å². The Labute approximate surface area is 101 Å². The summed E-state index contributed by atoms with van der Waals surface area (Å²) in [5.41, 5.74) is 1.03. The van der Waals surface area contributed by atoms with Crippen LogP contribution in [0.15, 0.2) is 29.2 Å². The predicted octanol–water partition coefficient (Wildman–Crippen LogP) is 2.22. The van der Waals surface area contributed by atoms with Gasteiger partial charge in [-0.2, -0.15) is 4.33 Å². The van der Waals surface area contributed by atoms with Crippen LogP contribution in [-0.2, 0) is 37.0 Å². The van der Waals surface area contributed by atoms with Crippen molar-refractivity contribution in [1.29, 1.82) is 0 Å². The first-order valence-electron chi connectivity index (χ1n) is 3.12. The summed E-state index contributed by atoms with van der Waals surface area (Å²) >= 11 is 0.922. The molecule has 1 aromatic rings. The van der Waals surface area contributed by atoms with Crippen molar-refractivity contribution >= 4 is 17.7 Å². The smallest absolute Gasteiger partial charge is 0.0679 e. The largest absolute Gasteiger partial charge is 0.388 e. The molecule has 0 aliphatic carbocycles. The average Bonchev–Trinajstić information content (AvgIpc) is 2.07. The first-order valence-corrected chi connectivity index (χ1v) is 3.87. The number of anilines is 1. The third-order valence-corrected chi connectivity index (χ3v) is 1.82. The van der Waals surface area contributed by atoms with E-state index >= 15 is 0 Å². The fourth-order valence-electron chi connectivity index (χ4n) is 0.720. The van der Waals surface area contributed by atoms with Gasteiger partial charge in [-0.1, -0.05) is 0 Å². The summed E-state index contributed by atoms with van der Waals surface area (Å²) in [5.74, 6) is 0. The van der Waals surface area contributed by atoms with Gasteiger partial charge < -0.3 is 5.32 Å². The van der Waals surface area contributed by atoms with E-state index < -0.39 is 0 Å². The summed E-state index contributed by atoms with van der Waals surface area (Å²) in [6.45, 7) is 0. The van der Waals surface area contributed by atoms with E-state index in [-0.39, 0.29) is 32.7 Å². The molecular formula is C7H9NO2SY. The molecule has 0 spiro atoms. The van der Waals surface area contributed by atoms with Gasteiger partial charge in [-0.3, -0.25) is 0 Å². The second kappa shape index (κ2) is 6.86. The molecule has 2 N–H and O–H groups in total. The Balaban J connectivity index is 0.00000121. The molecule has 3 nitrogen and oxygen atoms in total. The first-order chi connectivity index (χ1) is 5.36. The molecule has 12 heavy (non-hydrogen) atoms. The van der Waals surface area contributed by atoms with Gasteiger partial charge in [-0.25, -0.2) is 5.26 Å². The molecule has 1 aromatic carbocycles. The third-order valence-electron chi connectivity index (χ3n) is 1.28. The number of nitrogens with one attached hydrogen (secondary N) is 1. The van der Waals surface area contributed by atoms with E-state index in [1.807, 2.05) is 31.3 Å². The molecule has 1 radical (unpaired) electrons. The summed E-state index contributed by atoms with van der Waals surface area (Å²) in [7, 11) is 1.85. The summed E-state index contributed by atoms with van der Waals surface area (Å²) < 4.78 is 3.90. The monoisotopic (exact) mass is 260 g/mol. The van der Waals surface area contributed by atoms with Crippen molar-refractivity contribution in [1.82, 2.24) is 0 Å². The summed E-state index contributed by atoms with van der Waals surface area (Å²) in [6, 6.07) is 7.52. The van der Waals surface area contributed by atoms with Gasteiger partial charge in [0, 0.05) is 50.3 Å². The Morgan fingerprint density at radius 3 is 2.33 bits per heavy atom. The predicted molar refractivity (Wildman–Crippen MR) is 45.6 cm³/mol. The second-order valence-corrected chi connectivity index (χ2v) is 2.72. The summed E-state index contributed by atoms with van der Waals surface area (Å²) in [5, 5.41) is 11.1. The molecule has 0 aliphatic rings. The summed E-state index contributed by atoms with van der Waals surface area (Å²) in [6.07, 6.45) is 0. The molecule has 0 atom stereocenters. The third kappa shape index (κ3) is 3.87. The van der Waals surface area contributed by atoms with Crippen LogP contribution in [0.4, 0.5) is 5.69 Å². The molecule has 0 saturated heterocycles. The van der Waals surface area contributed by atoms with Crippen LogP contribution >= 0.6 is 12.0 Å². The normalized spacial score (nSPS) is 8.83. The van der Waals surface area contributed by atoms with Crippen LogP contribution in [0.1, 0.15) is 0 Å². The van der Waals surface area contributed by atoms with E-state index in [4.69, 9.17) is 5.26 Å². The topological polar surface area (TPSA) is 41.5 Å². The zero-order chi connectivity index (χ0) is 8.10. The Morgan fingerprint density at radius 2 is 1.92 bits per heavy atom. The molecule has 0 heterocycles. The molecule has 0 aromatic heterocycles. The van der Waals surface area contributed by atoms with Crippen molar-refractivity contribution < 1.29 is 42.3 Å². The van der Waals surface area contributed by atoms with Crippen LogP contribution in [0, 0.1) is 0 Å². The van der Waals surface area contributed by atoms with Gasteiger partial charge in [-0.05, 0) is 24.3 Å². The minimum absolute atomic E-state index is 0. The molecule has 0 amide bonds. The van der Waals surface area contributed by atoms with E-state index in [9.17, 15) is 0 Å². The Morgan fingerprint density at radius 1 is 1.33 bits per heavy atom. The van der Waals surface area contributed by atoms with Gasteiger partial charge in [0.1, 0.15) is 0 Å². The maximum Gasteiger partial charge on any atom is 0.0679 e. The van der Waals surface area contributed by atoms with Crippen molar-refractivity contribution in [3.63, 3.8) is 0 Å². The number of benzene rings is 1. The van der Waals surface area contributed by atoms with Crippen LogP contribution in [-0.4, -0.2) is 12.3 Å². The van der Waals surface area contributed by atoms with Gasteiger partial charge in [0.2, 0.25) is 0 Å². The van der Waals surface area contributed by atoms with Gasteiger partial charge in [-0.15, -0.1) is 0 Å². The fraction of sp³-hybridized carbons (Fsp3) is 0.143. The van der Waals surface area contributed by atoms with E-state index in [0.717, 1.165) is 22.6 Å². The van der Waals surface area contributed by atoms with Crippen LogP contribution in [0.2, 0.25) is 0 Å². The van der Waals surface area contributed by atoms with Crippen LogP contribution in [0.25, 0.3) is 0 Å². The van der Waals surface area contributed by atoms with Gasteiger partial charge in [0.25, 0.3) is 0 Å². The average molecular weight is 260 g/mol. The molecule has 63 valence electrons. The van der Waals surface area contributed by atoms with E-state index in [0.29, 0.717) is 0 Å². The van der Waals surface area contributed by atoms with Crippen LogP contribution in [0.5, 0.6) is 0 Å². The van der Waals surface area contributed by atoms with Crippen molar-refractivity contribution in [2.75, 3.05) is 12.4 Å². The van der Waals surface area contributed by atoms with Crippen molar-refractivity contribution in [3.8, 4) is 0 Å². The van der Waals surface area contributed by atoms with Crippen molar-refractivity contribution in [2.45, 2.75) is 4.90 Å². The Hall–Kier alpha value is 0.394. The molecule has 5 heteroatoms. The SMILES string of the molecule is CNc1ccc(SOO)cc1.[Y]. The first kappa shape index (κ1) is 12.4. The molecular weight excluding hydrogens is 251 g/mol. The van der Waals surface area contributed by atoms with E-state index in [2.05, 4.69) is 9.65 Å². The number of hydrogen-bond donors (Lipinski definition) is 2. The molecule has 0 bridgehead atoms. The van der Waals surface area contributed by atoms with Crippen LogP contribution in [0.3, 0.4) is 0 Å². The fourth-order valence-corrected chi connectivity index (χ4v) is 1.05. The molecule has 0 saturated carbocycles. The van der Waals surface area contributed by atoms with Crippen molar-refractivity contribution in [3.05, 3.63) is 24.3 Å². The van der Waals surface area contributed by atoms with Gasteiger partial charge in [0.05, 0.1) is 12.0 Å². The quantitative estimate of drug-likeness (QED) is 0.496. The zero-order valence-electron chi connectivity index (χ0n) is 6.65. The second-order valence-electron chi connectivity index (χ2n) is 1.93. The van der Waals surface area contributed by atoms with Gasteiger partial charge >= 0.3 is 0 Å². The zero-order valence-corrected chi connectivity index (χ0v) is 10.3. The van der Waals surface area contributed by atoms with Gasteiger partial charge in [0.15, 0.2) is 0 Å². The van der Waals surface area contributed by atoms with Crippen molar-refractivity contribution in [2.24, 2.45) is 0 Å². The molecule has 0 fully saturated rings. The molecule has 0 aliphatic heterocycles.